The van der Waals surface area contributed by atoms with Crippen LogP contribution in [-0.4, -0.2) is 68.6 Å². The van der Waals surface area contributed by atoms with Crippen molar-refractivity contribution in [3.05, 3.63) is 46.8 Å². The minimum Gasteiger partial charge on any atom is -0.497 e. The number of aryl methyl sites for hydroxylation is 1. The Bertz CT molecular complexity index is 867. The SMILES string of the molecule is COC(=O)c1c(C)[nH]c(C(=O)CN2CCN(c3cccc(OC)c3)CC2)c1C. The van der Waals surface area contributed by atoms with E-state index in [1.54, 1.807) is 21.0 Å². The lowest BCUT2D eigenvalue weighted by molar-refractivity contribution is 0.0599. The Kier molecular flexibility index (Phi) is 6.04. The van der Waals surface area contributed by atoms with Gasteiger partial charge >= 0.3 is 5.97 Å². The van der Waals surface area contributed by atoms with Gasteiger partial charge in [0.25, 0.3) is 0 Å². The summed E-state index contributed by atoms with van der Waals surface area (Å²) >= 11 is 0. The van der Waals surface area contributed by atoms with Crippen LogP contribution in [0.15, 0.2) is 24.3 Å². The monoisotopic (exact) mass is 385 g/mol. The molecule has 1 N–H and O–H groups in total. The van der Waals surface area contributed by atoms with Gasteiger partial charge in [-0.3, -0.25) is 9.69 Å². The summed E-state index contributed by atoms with van der Waals surface area (Å²) in [5.41, 5.74) is 3.39. The maximum atomic E-state index is 12.8. The Morgan fingerprint density at radius 3 is 2.46 bits per heavy atom. The number of piperazine rings is 1. The molecule has 7 heteroatoms. The van der Waals surface area contributed by atoms with Crippen molar-refractivity contribution in [2.45, 2.75) is 13.8 Å². The second kappa shape index (κ2) is 8.48. The molecule has 0 aliphatic carbocycles. The number of aromatic nitrogens is 1. The molecule has 0 bridgehead atoms. The second-order valence-electron chi connectivity index (χ2n) is 7.00. The van der Waals surface area contributed by atoms with E-state index in [4.69, 9.17) is 9.47 Å². The smallest absolute Gasteiger partial charge is 0.339 e. The highest BCUT2D eigenvalue weighted by Crippen LogP contribution is 2.23. The van der Waals surface area contributed by atoms with Gasteiger partial charge in [-0.15, -0.1) is 0 Å². The fraction of sp³-hybridized carbons (Fsp3) is 0.429. The molecule has 1 saturated heterocycles. The first kappa shape index (κ1) is 19.9. The largest absolute Gasteiger partial charge is 0.497 e. The molecule has 0 atom stereocenters. The number of nitrogens with zero attached hydrogens (tertiary/aromatic N) is 2. The maximum Gasteiger partial charge on any atom is 0.339 e. The van der Waals surface area contributed by atoms with E-state index >= 15 is 0 Å². The van der Waals surface area contributed by atoms with Crippen LogP contribution in [0.5, 0.6) is 5.75 Å². The normalized spacial score (nSPS) is 14.8. The number of carbonyl (C=O) groups excluding carboxylic acids is 2. The molecule has 150 valence electrons. The van der Waals surface area contributed by atoms with Gasteiger partial charge < -0.3 is 19.4 Å². The highest BCUT2D eigenvalue weighted by molar-refractivity contribution is 6.02. The molecule has 2 heterocycles. The molecule has 0 unspecified atom stereocenters. The molecule has 0 radical (unpaired) electrons. The van der Waals surface area contributed by atoms with Gasteiger partial charge in [-0.2, -0.15) is 0 Å². The molecule has 2 aromatic rings. The predicted molar refractivity (Wildman–Crippen MR) is 108 cm³/mol. The number of methoxy groups -OCH3 is 2. The van der Waals surface area contributed by atoms with E-state index in [-0.39, 0.29) is 5.78 Å². The van der Waals surface area contributed by atoms with Crippen molar-refractivity contribution in [3.8, 4) is 5.75 Å². The number of benzene rings is 1. The van der Waals surface area contributed by atoms with Crippen LogP contribution in [-0.2, 0) is 4.74 Å². The number of carbonyl (C=O) groups is 2. The lowest BCUT2D eigenvalue weighted by atomic mass is 10.1. The summed E-state index contributed by atoms with van der Waals surface area (Å²) in [6, 6.07) is 8.02. The molecule has 0 spiro atoms. The van der Waals surface area contributed by atoms with Crippen LogP contribution >= 0.6 is 0 Å². The van der Waals surface area contributed by atoms with Crippen LogP contribution in [0.3, 0.4) is 0 Å². The molecule has 0 saturated carbocycles. The van der Waals surface area contributed by atoms with Gasteiger partial charge in [0.15, 0.2) is 5.78 Å². The zero-order chi connectivity index (χ0) is 20.3. The number of rotatable bonds is 6. The van der Waals surface area contributed by atoms with E-state index in [1.165, 1.54) is 7.11 Å². The number of hydrogen-bond donors (Lipinski definition) is 1. The molecule has 1 aliphatic rings. The molecule has 3 rings (SSSR count). The Morgan fingerprint density at radius 2 is 1.82 bits per heavy atom. The summed E-state index contributed by atoms with van der Waals surface area (Å²) in [6.45, 7) is 7.17. The number of ether oxygens (including phenoxy) is 2. The number of anilines is 1. The van der Waals surface area contributed by atoms with Gasteiger partial charge in [0, 0.05) is 43.6 Å². The Labute approximate surface area is 165 Å². The minimum atomic E-state index is -0.419. The van der Waals surface area contributed by atoms with Crippen molar-refractivity contribution in [2.75, 3.05) is 51.8 Å². The van der Waals surface area contributed by atoms with Gasteiger partial charge in [-0.25, -0.2) is 4.79 Å². The highest BCUT2D eigenvalue weighted by atomic mass is 16.5. The zero-order valence-electron chi connectivity index (χ0n) is 16.9. The summed E-state index contributed by atoms with van der Waals surface area (Å²) in [5, 5.41) is 0. The van der Waals surface area contributed by atoms with Crippen molar-refractivity contribution in [3.63, 3.8) is 0 Å². The van der Waals surface area contributed by atoms with Crippen LogP contribution < -0.4 is 9.64 Å². The standard InChI is InChI=1S/C21H27N3O4/c1-14-19(21(26)28-4)15(2)22-20(14)18(25)13-23-8-10-24(11-9-23)16-6-5-7-17(12-16)27-3/h5-7,12,22H,8-11,13H2,1-4H3. The van der Waals surface area contributed by atoms with E-state index in [0.29, 0.717) is 29.1 Å². The lowest BCUT2D eigenvalue weighted by Gasteiger charge is -2.35. The van der Waals surface area contributed by atoms with Gasteiger partial charge in [-0.1, -0.05) is 6.07 Å². The van der Waals surface area contributed by atoms with E-state index in [9.17, 15) is 9.59 Å². The van der Waals surface area contributed by atoms with Gasteiger partial charge in [0.05, 0.1) is 32.0 Å². The Hall–Kier alpha value is -2.80. The van der Waals surface area contributed by atoms with Gasteiger partial charge in [-0.05, 0) is 31.5 Å². The number of H-pyrrole nitrogens is 1. The quantitative estimate of drug-likeness (QED) is 0.608. The number of aromatic amines is 1. The zero-order valence-corrected chi connectivity index (χ0v) is 16.9. The number of hydrogen-bond acceptors (Lipinski definition) is 6. The molecular weight excluding hydrogens is 358 g/mol. The summed E-state index contributed by atoms with van der Waals surface area (Å²) in [5.74, 6) is 0.414. The summed E-state index contributed by atoms with van der Waals surface area (Å²) < 4.78 is 10.1. The average Bonchev–Trinajstić information content (AvgIpc) is 3.02. The van der Waals surface area contributed by atoms with Crippen LogP contribution in [0.4, 0.5) is 5.69 Å². The van der Waals surface area contributed by atoms with Gasteiger partial charge in [0.2, 0.25) is 0 Å². The Morgan fingerprint density at radius 1 is 1.11 bits per heavy atom. The summed E-state index contributed by atoms with van der Waals surface area (Å²) in [6.07, 6.45) is 0. The molecule has 7 nitrogen and oxygen atoms in total. The fourth-order valence-electron chi connectivity index (χ4n) is 3.69. The van der Waals surface area contributed by atoms with Crippen molar-refractivity contribution in [1.29, 1.82) is 0 Å². The molecule has 0 amide bonds. The molecule has 1 aromatic heterocycles. The number of esters is 1. The third-order valence-corrected chi connectivity index (χ3v) is 5.26. The second-order valence-corrected chi connectivity index (χ2v) is 7.00. The van der Waals surface area contributed by atoms with Crippen molar-refractivity contribution >= 4 is 17.4 Å². The molecule has 1 aromatic carbocycles. The van der Waals surface area contributed by atoms with Crippen LogP contribution in [0.1, 0.15) is 32.1 Å². The highest BCUT2D eigenvalue weighted by Gasteiger charge is 2.25. The molecule has 28 heavy (non-hydrogen) atoms. The van der Waals surface area contributed by atoms with E-state index < -0.39 is 5.97 Å². The van der Waals surface area contributed by atoms with Crippen LogP contribution in [0.2, 0.25) is 0 Å². The molecule has 1 fully saturated rings. The van der Waals surface area contributed by atoms with Crippen molar-refractivity contribution in [1.82, 2.24) is 9.88 Å². The number of nitrogens with one attached hydrogen (secondary N) is 1. The first-order chi connectivity index (χ1) is 13.4. The lowest BCUT2D eigenvalue weighted by Crippen LogP contribution is -2.48. The van der Waals surface area contributed by atoms with Crippen LogP contribution in [0.25, 0.3) is 0 Å². The maximum absolute atomic E-state index is 12.8. The third-order valence-electron chi connectivity index (χ3n) is 5.26. The predicted octanol–water partition coefficient (Wildman–Crippen LogP) is 2.43. The fourth-order valence-corrected chi connectivity index (χ4v) is 3.69. The average molecular weight is 385 g/mol. The van der Waals surface area contributed by atoms with Gasteiger partial charge in [0.1, 0.15) is 5.75 Å². The summed E-state index contributed by atoms with van der Waals surface area (Å²) in [4.78, 5) is 32.2. The number of Topliss-reactive ketones (excluding diaryl/α,β-unsaturated/α-hetero) is 1. The molecular formula is C21H27N3O4. The molecule has 1 aliphatic heterocycles. The first-order valence-electron chi connectivity index (χ1n) is 9.36. The van der Waals surface area contributed by atoms with Crippen molar-refractivity contribution in [2.24, 2.45) is 0 Å². The van der Waals surface area contributed by atoms with E-state index in [0.717, 1.165) is 37.6 Å². The summed E-state index contributed by atoms with van der Waals surface area (Å²) in [7, 11) is 3.01. The first-order valence-corrected chi connectivity index (χ1v) is 9.36. The number of ketones is 1. The van der Waals surface area contributed by atoms with E-state index in [2.05, 4.69) is 20.9 Å². The third kappa shape index (κ3) is 4.04. The Balaban J connectivity index is 1.62. The van der Waals surface area contributed by atoms with Crippen LogP contribution in [0, 0.1) is 13.8 Å². The van der Waals surface area contributed by atoms with Crippen molar-refractivity contribution < 1.29 is 19.1 Å². The van der Waals surface area contributed by atoms with E-state index in [1.807, 2.05) is 18.2 Å². The minimum absolute atomic E-state index is 0.00872. The topological polar surface area (TPSA) is 74.9 Å².